The summed E-state index contributed by atoms with van der Waals surface area (Å²) < 4.78 is 21.7. The van der Waals surface area contributed by atoms with E-state index in [1.54, 1.807) is 28.4 Å². The molecule has 0 aliphatic heterocycles. The SMILES string of the molecule is COc1ccc(CNC2CCCC2OC)c(OC)c1OC. The average molecular weight is 295 g/mol. The van der Waals surface area contributed by atoms with Crippen LogP contribution >= 0.6 is 0 Å². The van der Waals surface area contributed by atoms with Gasteiger partial charge in [0.25, 0.3) is 0 Å². The van der Waals surface area contributed by atoms with Crippen LogP contribution in [-0.2, 0) is 11.3 Å². The largest absolute Gasteiger partial charge is 0.493 e. The maximum atomic E-state index is 5.51. The molecule has 2 atom stereocenters. The maximum absolute atomic E-state index is 5.51. The molecule has 1 aliphatic rings. The van der Waals surface area contributed by atoms with Crippen molar-refractivity contribution in [3.63, 3.8) is 0 Å². The molecule has 0 amide bonds. The van der Waals surface area contributed by atoms with Gasteiger partial charge in [0, 0.05) is 25.3 Å². The Morgan fingerprint density at radius 2 is 1.76 bits per heavy atom. The fourth-order valence-corrected chi connectivity index (χ4v) is 2.99. The molecule has 1 N–H and O–H groups in total. The molecule has 0 radical (unpaired) electrons. The van der Waals surface area contributed by atoms with Gasteiger partial charge in [-0.25, -0.2) is 0 Å². The number of hydrogen-bond acceptors (Lipinski definition) is 5. The van der Waals surface area contributed by atoms with E-state index in [0.717, 1.165) is 24.2 Å². The second-order valence-corrected chi connectivity index (χ2v) is 5.19. The summed E-state index contributed by atoms with van der Waals surface area (Å²) in [6.45, 7) is 0.716. The predicted molar refractivity (Wildman–Crippen MR) is 81.4 cm³/mol. The first kappa shape index (κ1) is 15.9. The summed E-state index contributed by atoms with van der Waals surface area (Å²) in [7, 11) is 6.67. The normalized spacial score (nSPS) is 21.3. The minimum Gasteiger partial charge on any atom is -0.493 e. The molecule has 1 aromatic rings. The second-order valence-electron chi connectivity index (χ2n) is 5.19. The Morgan fingerprint density at radius 1 is 1.00 bits per heavy atom. The Bertz CT molecular complexity index is 464. The summed E-state index contributed by atoms with van der Waals surface area (Å²) in [6, 6.07) is 4.30. The van der Waals surface area contributed by atoms with E-state index in [0.29, 0.717) is 30.2 Å². The van der Waals surface area contributed by atoms with Gasteiger partial charge in [-0.2, -0.15) is 0 Å². The number of nitrogens with one attached hydrogen (secondary N) is 1. The van der Waals surface area contributed by atoms with Crippen LogP contribution in [0.1, 0.15) is 24.8 Å². The molecule has 2 unspecified atom stereocenters. The fourth-order valence-electron chi connectivity index (χ4n) is 2.99. The van der Waals surface area contributed by atoms with Gasteiger partial charge in [-0.3, -0.25) is 0 Å². The van der Waals surface area contributed by atoms with Crippen LogP contribution in [0.15, 0.2) is 12.1 Å². The minimum atomic E-state index is 0.302. The highest BCUT2D eigenvalue weighted by Crippen LogP contribution is 2.39. The number of rotatable bonds is 7. The van der Waals surface area contributed by atoms with Gasteiger partial charge in [-0.1, -0.05) is 6.07 Å². The number of hydrogen-bond donors (Lipinski definition) is 1. The zero-order chi connectivity index (χ0) is 15.2. The molecule has 1 aromatic carbocycles. The molecule has 0 heterocycles. The summed E-state index contributed by atoms with van der Waals surface area (Å²) in [5.41, 5.74) is 1.05. The minimum absolute atomic E-state index is 0.302. The second kappa shape index (κ2) is 7.52. The summed E-state index contributed by atoms with van der Waals surface area (Å²) >= 11 is 0. The zero-order valence-corrected chi connectivity index (χ0v) is 13.3. The third kappa shape index (κ3) is 3.41. The van der Waals surface area contributed by atoms with Crippen molar-refractivity contribution in [2.75, 3.05) is 28.4 Å². The highest BCUT2D eigenvalue weighted by atomic mass is 16.5. The van der Waals surface area contributed by atoms with Crippen LogP contribution in [-0.4, -0.2) is 40.6 Å². The van der Waals surface area contributed by atoms with Crippen molar-refractivity contribution in [2.24, 2.45) is 0 Å². The lowest BCUT2D eigenvalue weighted by Crippen LogP contribution is -2.36. The van der Waals surface area contributed by atoms with E-state index >= 15 is 0 Å². The van der Waals surface area contributed by atoms with Crippen LogP contribution in [0.5, 0.6) is 17.2 Å². The molecule has 1 fully saturated rings. The fraction of sp³-hybridized carbons (Fsp3) is 0.625. The van der Waals surface area contributed by atoms with E-state index in [2.05, 4.69) is 5.32 Å². The highest BCUT2D eigenvalue weighted by Gasteiger charge is 2.27. The standard InChI is InChI=1S/C16H25NO4/c1-18-13-7-5-6-12(13)17-10-11-8-9-14(19-2)16(21-4)15(11)20-3/h8-9,12-13,17H,5-7,10H2,1-4H3. The van der Waals surface area contributed by atoms with Crippen molar-refractivity contribution >= 4 is 0 Å². The molecule has 0 saturated heterocycles. The van der Waals surface area contributed by atoms with Gasteiger partial charge < -0.3 is 24.3 Å². The van der Waals surface area contributed by atoms with Crippen LogP contribution in [0.3, 0.4) is 0 Å². The van der Waals surface area contributed by atoms with Crippen LogP contribution in [0.2, 0.25) is 0 Å². The van der Waals surface area contributed by atoms with Crippen molar-refractivity contribution in [1.82, 2.24) is 5.32 Å². The van der Waals surface area contributed by atoms with Gasteiger partial charge in [0.2, 0.25) is 5.75 Å². The van der Waals surface area contributed by atoms with Crippen molar-refractivity contribution in [3.8, 4) is 17.2 Å². The van der Waals surface area contributed by atoms with Crippen LogP contribution in [0.4, 0.5) is 0 Å². The third-order valence-corrected chi connectivity index (χ3v) is 4.10. The number of methoxy groups -OCH3 is 4. The van der Waals surface area contributed by atoms with Crippen LogP contribution < -0.4 is 19.5 Å². The molecule has 118 valence electrons. The predicted octanol–water partition coefficient (Wildman–Crippen LogP) is 2.37. The molecule has 5 nitrogen and oxygen atoms in total. The monoisotopic (exact) mass is 295 g/mol. The topological polar surface area (TPSA) is 49.0 Å². The molecule has 1 saturated carbocycles. The Morgan fingerprint density at radius 3 is 2.38 bits per heavy atom. The third-order valence-electron chi connectivity index (χ3n) is 4.10. The molecule has 1 aliphatic carbocycles. The van der Waals surface area contributed by atoms with Crippen molar-refractivity contribution in [1.29, 1.82) is 0 Å². The van der Waals surface area contributed by atoms with E-state index in [1.807, 2.05) is 12.1 Å². The maximum Gasteiger partial charge on any atom is 0.203 e. The molecule has 0 aromatic heterocycles. The molecule has 2 rings (SSSR count). The van der Waals surface area contributed by atoms with Crippen molar-refractivity contribution in [2.45, 2.75) is 38.0 Å². The van der Waals surface area contributed by atoms with Gasteiger partial charge in [0.05, 0.1) is 27.4 Å². The summed E-state index contributed by atoms with van der Waals surface area (Å²) in [5.74, 6) is 2.03. The van der Waals surface area contributed by atoms with E-state index in [-0.39, 0.29) is 0 Å². The summed E-state index contributed by atoms with van der Waals surface area (Å²) in [4.78, 5) is 0. The Balaban J connectivity index is 2.12. The van der Waals surface area contributed by atoms with Crippen LogP contribution in [0, 0.1) is 0 Å². The van der Waals surface area contributed by atoms with E-state index < -0.39 is 0 Å². The Labute approximate surface area is 126 Å². The van der Waals surface area contributed by atoms with Gasteiger partial charge in [-0.05, 0) is 25.3 Å². The lowest BCUT2D eigenvalue weighted by atomic mass is 10.1. The molecular weight excluding hydrogens is 270 g/mol. The molecule has 0 spiro atoms. The van der Waals surface area contributed by atoms with Crippen molar-refractivity contribution < 1.29 is 18.9 Å². The first-order valence-electron chi connectivity index (χ1n) is 7.29. The van der Waals surface area contributed by atoms with E-state index in [1.165, 1.54) is 6.42 Å². The molecule has 21 heavy (non-hydrogen) atoms. The van der Waals surface area contributed by atoms with E-state index in [9.17, 15) is 0 Å². The smallest absolute Gasteiger partial charge is 0.203 e. The highest BCUT2D eigenvalue weighted by molar-refractivity contribution is 5.55. The number of benzene rings is 1. The zero-order valence-electron chi connectivity index (χ0n) is 13.3. The lowest BCUT2D eigenvalue weighted by molar-refractivity contribution is 0.0846. The summed E-state index contributed by atoms with van der Waals surface area (Å²) in [5, 5.41) is 3.56. The first-order valence-corrected chi connectivity index (χ1v) is 7.29. The molecule has 5 heteroatoms. The Kier molecular flexibility index (Phi) is 5.70. The van der Waals surface area contributed by atoms with Gasteiger partial charge in [-0.15, -0.1) is 0 Å². The van der Waals surface area contributed by atoms with E-state index in [4.69, 9.17) is 18.9 Å². The first-order chi connectivity index (χ1) is 10.2. The van der Waals surface area contributed by atoms with Gasteiger partial charge in [0.15, 0.2) is 11.5 Å². The van der Waals surface area contributed by atoms with Gasteiger partial charge in [0.1, 0.15) is 0 Å². The molecule has 0 bridgehead atoms. The Hall–Kier alpha value is -1.46. The van der Waals surface area contributed by atoms with Crippen molar-refractivity contribution in [3.05, 3.63) is 17.7 Å². The quantitative estimate of drug-likeness (QED) is 0.837. The van der Waals surface area contributed by atoms with Gasteiger partial charge >= 0.3 is 0 Å². The number of ether oxygens (including phenoxy) is 4. The lowest BCUT2D eigenvalue weighted by Gasteiger charge is -2.21. The average Bonchev–Trinajstić information content (AvgIpc) is 2.99. The molecular formula is C16H25NO4. The van der Waals surface area contributed by atoms with Crippen LogP contribution in [0.25, 0.3) is 0 Å². The summed E-state index contributed by atoms with van der Waals surface area (Å²) in [6.07, 6.45) is 3.78.